The Morgan fingerprint density at radius 1 is 1.16 bits per heavy atom. The van der Waals surface area contributed by atoms with Crippen LogP contribution in [0.25, 0.3) is 0 Å². The van der Waals surface area contributed by atoms with Crippen molar-refractivity contribution >= 4 is 9.84 Å². The van der Waals surface area contributed by atoms with E-state index in [1.54, 1.807) is 0 Å². The summed E-state index contributed by atoms with van der Waals surface area (Å²) in [5, 5.41) is 0. The molecule has 140 valence electrons. The molecule has 0 aromatic heterocycles. The summed E-state index contributed by atoms with van der Waals surface area (Å²) in [5.41, 5.74) is -0.711. The maximum atomic E-state index is 12.6. The minimum atomic E-state index is -4.34. The third kappa shape index (κ3) is 4.47. The molecule has 25 heavy (non-hydrogen) atoms. The predicted molar refractivity (Wildman–Crippen MR) is 88.3 cm³/mol. The lowest BCUT2D eigenvalue weighted by molar-refractivity contribution is -0.137. The second-order valence-corrected chi connectivity index (χ2v) is 9.35. The SMILES string of the molecule is C[C@@H](CN1CCC2(CC1)CS(=O)(=O)C2)Oc1ccc(C(F)(F)F)cc1. The monoisotopic (exact) mass is 377 g/mol. The van der Waals surface area contributed by atoms with Crippen molar-refractivity contribution in [3.8, 4) is 5.75 Å². The molecule has 3 rings (SSSR count). The summed E-state index contributed by atoms with van der Waals surface area (Å²) in [5.74, 6) is 1.04. The lowest BCUT2D eigenvalue weighted by atomic mass is 9.81. The molecular weight excluding hydrogens is 355 g/mol. The molecule has 2 aliphatic heterocycles. The quantitative estimate of drug-likeness (QED) is 0.809. The zero-order valence-corrected chi connectivity index (χ0v) is 14.9. The maximum Gasteiger partial charge on any atom is 0.416 e. The number of likely N-dealkylation sites (tertiary alicyclic amines) is 1. The molecule has 0 saturated carbocycles. The fourth-order valence-corrected chi connectivity index (χ4v) is 6.10. The van der Waals surface area contributed by atoms with E-state index in [4.69, 9.17) is 4.74 Å². The van der Waals surface area contributed by atoms with Crippen LogP contribution in [0, 0.1) is 5.41 Å². The van der Waals surface area contributed by atoms with E-state index in [9.17, 15) is 21.6 Å². The molecule has 1 aromatic carbocycles. The van der Waals surface area contributed by atoms with E-state index in [1.807, 2.05) is 6.92 Å². The number of ether oxygens (including phenoxy) is 1. The average molecular weight is 377 g/mol. The second kappa shape index (κ2) is 6.46. The lowest BCUT2D eigenvalue weighted by Gasteiger charge is -2.47. The van der Waals surface area contributed by atoms with Gasteiger partial charge in [-0.2, -0.15) is 13.2 Å². The number of halogens is 3. The van der Waals surface area contributed by atoms with Crippen molar-refractivity contribution in [3.05, 3.63) is 29.8 Å². The summed E-state index contributed by atoms with van der Waals surface area (Å²) in [6.45, 7) is 4.21. The van der Waals surface area contributed by atoms with E-state index < -0.39 is 21.6 Å². The van der Waals surface area contributed by atoms with Gasteiger partial charge >= 0.3 is 6.18 Å². The van der Waals surface area contributed by atoms with E-state index >= 15 is 0 Å². The van der Waals surface area contributed by atoms with Crippen LogP contribution in [0.3, 0.4) is 0 Å². The first-order valence-corrected chi connectivity index (χ1v) is 10.2. The Bertz CT molecular complexity index is 694. The van der Waals surface area contributed by atoms with Crippen molar-refractivity contribution in [1.82, 2.24) is 4.90 Å². The minimum absolute atomic E-state index is 0.0210. The van der Waals surface area contributed by atoms with Crippen LogP contribution < -0.4 is 4.74 Å². The van der Waals surface area contributed by atoms with E-state index in [0.29, 0.717) is 23.8 Å². The molecule has 2 aliphatic rings. The van der Waals surface area contributed by atoms with Crippen LogP contribution in [0.5, 0.6) is 5.75 Å². The number of piperidine rings is 1. The van der Waals surface area contributed by atoms with E-state index in [-0.39, 0.29) is 11.5 Å². The summed E-state index contributed by atoms with van der Waals surface area (Å²) in [4.78, 5) is 2.23. The molecule has 2 saturated heterocycles. The van der Waals surface area contributed by atoms with Gasteiger partial charge in [-0.25, -0.2) is 8.42 Å². The Balaban J connectivity index is 1.46. The standard InChI is InChI=1S/C17H22F3NO3S/c1-13(24-15-4-2-14(3-5-15)17(18,19)20)10-21-8-6-16(7-9-21)11-25(22,23)12-16/h2-5,13H,6-12H2,1H3/t13-/m0/s1. The molecule has 0 radical (unpaired) electrons. The van der Waals surface area contributed by atoms with Crippen molar-refractivity contribution < 1.29 is 26.3 Å². The second-order valence-electron chi connectivity index (χ2n) is 7.28. The van der Waals surface area contributed by atoms with Crippen LogP contribution in [0.1, 0.15) is 25.3 Å². The van der Waals surface area contributed by atoms with Crippen LogP contribution in [-0.4, -0.2) is 50.6 Å². The summed E-state index contributed by atoms with van der Waals surface area (Å²) in [7, 11) is -2.81. The van der Waals surface area contributed by atoms with Crippen LogP contribution in [-0.2, 0) is 16.0 Å². The first-order valence-electron chi connectivity index (χ1n) is 8.34. The Kier molecular flexibility index (Phi) is 4.79. The van der Waals surface area contributed by atoms with Crippen LogP contribution in [0.4, 0.5) is 13.2 Å². The van der Waals surface area contributed by atoms with Gasteiger partial charge in [0.2, 0.25) is 0 Å². The molecule has 0 amide bonds. The first-order chi connectivity index (χ1) is 11.6. The van der Waals surface area contributed by atoms with Gasteiger partial charge in [-0.3, -0.25) is 4.90 Å². The summed E-state index contributed by atoms with van der Waals surface area (Å²) in [6, 6.07) is 4.71. The normalized spacial score (nSPS) is 23.8. The number of nitrogens with zero attached hydrogens (tertiary/aromatic N) is 1. The van der Waals surface area contributed by atoms with Crippen molar-refractivity contribution in [2.45, 2.75) is 32.0 Å². The molecule has 0 unspecified atom stereocenters. The molecule has 2 fully saturated rings. The van der Waals surface area contributed by atoms with Crippen molar-refractivity contribution in [1.29, 1.82) is 0 Å². The highest BCUT2D eigenvalue weighted by Crippen LogP contribution is 2.42. The van der Waals surface area contributed by atoms with Gasteiger partial charge in [-0.1, -0.05) is 0 Å². The smallest absolute Gasteiger partial charge is 0.416 e. The van der Waals surface area contributed by atoms with Gasteiger partial charge in [0.25, 0.3) is 0 Å². The van der Waals surface area contributed by atoms with Gasteiger partial charge in [-0.05, 0) is 57.1 Å². The molecule has 2 heterocycles. The van der Waals surface area contributed by atoms with Crippen LogP contribution in [0.2, 0.25) is 0 Å². The van der Waals surface area contributed by atoms with E-state index in [0.717, 1.165) is 38.1 Å². The predicted octanol–water partition coefficient (Wildman–Crippen LogP) is 2.98. The van der Waals surface area contributed by atoms with Crippen LogP contribution in [0.15, 0.2) is 24.3 Å². The number of sulfone groups is 1. The minimum Gasteiger partial charge on any atom is -0.489 e. The fraction of sp³-hybridized carbons (Fsp3) is 0.647. The Labute approximate surface area is 145 Å². The average Bonchev–Trinajstić information content (AvgIpc) is 2.47. The Hall–Kier alpha value is -1.28. The number of hydrogen-bond donors (Lipinski definition) is 0. The Morgan fingerprint density at radius 3 is 2.20 bits per heavy atom. The fourth-order valence-electron chi connectivity index (χ4n) is 3.75. The lowest BCUT2D eigenvalue weighted by Crippen LogP contribution is -2.55. The summed E-state index contributed by atoms with van der Waals surface area (Å²) in [6.07, 6.45) is -2.75. The van der Waals surface area contributed by atoms with Gasteiger partial charge in [0, 0.05) is 12.0 Å². The number of benzene rings is 1. The first kappa shape index (κ1) is 18.5. The molecule has 1 spiro atoms. The zero-order chi connectivity index (χ0) is 18.3. The molecule has 1 aromatic rings. The van der Waals surface area contributed by atoms with E-state index in [2.05, 4.69) is 4.90 Å². The molecule has 1 atom stereocenters. The molecule has 0 bridgehead atoms. The van der Waals surface area contributed by atoms with Crippen molar-refractivity contribution in [3.63, 3.8) is 0 Å². The van der Waals surface area contributed by atoms with Gasteiger partial charge < -0.3 is 4.74 Å². The third-order valence-electron chi connectivity index (χ3n) is 5.00. The highest BCUT2D eigenvalue weighted by Gasteiger charge is 2.49. The summed E-state index contributed by atoms with van der Waals surface area (Å²) < 4.78 is 66.2. The van der Waals surface area contributed by atoms with Gasteiger partial charge in [0.05, 0.1) is 17.1 Å². The number of hydrogen-bond acceptors (Lipinski definition) is 4. The highest BCUT2D eigenvalue weighted by atomic mass is 32.2. The maximum absolute atomic E-state index is 12.6. The van der Waals surface area contributed by atoms with Crippen LogP contribution >= 0.6 is 0 Å². The molecule has 4 nitrogen and oxygen atoms in total. The molecule has 8 heteroatoms. The Morgan fingerprint density at radius 2 is 1.72 bits per heavy atom. The van der Waals surface area contributed by atoms with Crippen molar-refractivity contribution in [2.24, 2.45) is 5.41 Å². The van der Waals surface area contributed by atoms with Gasteiger partial charge in [-0.15, -0.1) is 0 Å². The van der Waals surface area contributed by atoms with Gasteiger partial charge in [0.15, 0.2) is 9.84 Å². The number of rotatable bonds is 4. The highest BCUT2D eigenvalue weighted by molar-refractivity contribution is 7.92. The largest absolute Gasteiger partial charge is 0.489 e. The van der Waals surface area contributed by atoms with E-state index in [1.165, 1.54) is 12.1 Å². The van der Waals surface area contributed by atoms with Crippen molar-refractivity contribution in [2.75, 3.05) is 31.1 Å². The third-order valence-corrected chi connectivity index (χ3v) is 7.11. The number of alkyl halides is 3. The van der Waals surface area contributed by atoms with Gasteiger partial charge in [0.1, 0.15) is 11.9 Å². The topological polar surface area (TPSA) is 46.6 Å². The molecular formula is C17H22F3NO3S. The molecule has 0 aliphatic carbocycles. The molecule has 0 N–H and O–H groups in total. The summed E-state index contributed by atoms with van der Waals surface area (Å²) >= 11 is 0. The zero-order valence-electron chi connectivity index (χ0n) is 14.1.